The zero-order chi connectivity index (χ0) is 12.4. The quantitative estimate of drug-likeness (QED) is 0.874. The Morgan fingerprint density at radius 2 is 2.18 bits per heavy atom. The summed E-state index contributed by atoms with van der Waals surface area (Å²) in [6.45, 7) is 3.86. The van der Waals surface area contributed by atoms with Gasteiger partial charge >= 0.3 is 5.97 Å². The van der Waals surface area contributed by atoms with Crippen molar-refractivity contribution in [2.45, 2.75) is 23.9 Å². The normalized spacial score (nSPS) is 10.7. The monoisotopic (exact) mass is 286 g/mol. The lowest BCUT2D eigenvalue weighted by Crippen LogP contribution is -1.90. The van der Waals surface area contributed by atoms with Crippen molar-refractivity contribution < 1.29 is 9.90 Å². The van der Waals surface area contributed by atoms with Gasteiger partial charge in [-0.3, -0.25) is 0 Å². The van der Waals surface area contributed by atoms with Crippen LogP contribution < -0.4 is 0 Å². The zero-order valence-electron chi connectivity index (χ0n) is 9.26. The molecule has 7 heteroatoms. The van der Waals surface area contributed by atoms with Gasteiger partial charge in [0.05, 0.1) is 0 Å². The first-order chi connectivity index (χ1) is 8.06. The van der Waals surface area contributed by atoms with Gasteiger partial charge in [0, 0.05) is 10.6 Å². The molecule has 0 saturated carbocycles. The number of hydrogen-bond donors (Lipinski definition) is 1. The van der Waals surface area contributed by atoms with Crippen LogP contribution in [-0.4, -0.2) is 21.3 Å². The van der Waals surface area contributed by atoms with E-state index in [1.54, 1.807) is 29.2 Å². The van der Waals surface area contributed by atoms with Gasteiger partial charge < -0.3 is 5.11 Å². The van der Waals surface area contributed by atoms with Gasteiger partial charge in [0.2, 0.25) is 0 Å². The third-order valence-corrected chi connectivity index (χ3v) is 5.19. The topological polar surface area (TPSA) is 63.1 Å². The molecule has 0 amide bonds. The second-order valence-electron chi connectivity index (χ2n) is 3.37. The molecule has 0 bridgehead atoms. The molecule has 2 heterocycles. The summed E-state index contributed by atoms with van der Waals surface area (Å²) in [7, 11) is 0. The minimum absolute atomic E-state index is 0.395. The van der Waals surface area contributed by atoms with Crippen molar-refractivity contribution in [2.24, 2.45) is 0 Å². The Balaban J connectivity index is 2.06. The highest BCUT2D eigenvalue weighted by atomic mass is 32.2. The van der Waals surface area contributed by atoms with Crippen molar-refractivity contribution >= 4 is 40.4 Å². The van der Waals surface area contributed by atoms with E-state index in [0.717, 1.165) is 25.5 Å². The lowest BCUT2D eigenvalue weighted by Gasteiger charge is -1.95. The van der Waals surface area contributed by atoms with Crippen LogP contribution in [-0.2, 0) is 5.75 Å². The Hall–Kier alpha value is -0.920. The Bertz CT molecular complexity index is 547. The van der Waals surface area contributed by atoms with Gasteiger partial charge in [-0.25, -0.2) is 4.79 Å². The maximum Gasteiger partial charge on any atom is 0.345 e. The van der Waals surface area contributed by atoms with E-state index < -0.39 is 5.97 Å². The van der Waals surface area contributed by atoms with E-state index >= 15 is 0 Å². The molecule has 0 fully saturated rings. The van der Waals surface area contributed by atoms with Crippen molar-refractivity contribution in [3.63, 3.8) is 0 Å². The Morgan fingerprint density at radius 1 is 1.41 bits per heavy atom. The molecule has 0 aromatic carbocycles. The van der Waals surface area contributed by atoms with Crippen LogP contribution in [0.3, 0.4) is 0 Å². The van der Waals surface area contributed by atoms with Gasteiger partial charge in [-0.15, -0.1) is 21.5 Å². The fourth-order valence-electron chi connectivity index (χ4n) is 1.24. The molecule has 1 N–H and O–H groups in total. The first-order valence-corrected chi connectivity index (χ1v) is 7.43. The highest BCUT2D eigenvalue weighted by Crippen LogP contribution is 2.30. The number of carboxylic acid groups (broad SMARTS) is 1. The maximum absolute atomic E-state index is 10.8. The number of nitrogens with zero attached hydrogens (tertiary/aromatic N) is 2. The molecular formula is C10H10N2O2S3. The second-order valence-corrected chi connectivity index (χ2v) is 7.03. The number of thiophene rings is 1. The lowest BCUT2D eigenvalue weighted by atomic mass is 10.3. The second kappa shape index (κ2) is 5.16. The summed E-state index contributed by atoms with van der Waals surface area (Å²) < 4.78 is 0.921. The molecule has 0 saturated heterocycles. The third-order valence-electron chi connectivity index (χ3n) is 2.09. The van der Waals surface area contributed by atoms with Crippen LogP contribution in [0.25, 0.3) is 0 Å². The molecule has 0 aliphatic carbocycles. The first kappa shape index (κ1) is 12.5. The summed E-state index contributed by atoms with van der Waals surface area (Å²) in [6, 6.07) is 1.74. The molecule has 0 aliphatic heterocycles. The molecule has 0 aliphatic rings. The molecule has 0 unspecified atom stereocenters. The van der Waals surface area contributed by atoms with E-state index in [0.29, 0.717) is 4.88 Å². The number of hydrogen-bond acceptors (Lipinski definition) is 6. The predicted molar refractivity (Wildman–Crippen MR) is 70.2 cm³/mol. The lowest BCUT2D eigenvalue weighted by molar-refractivity contribution is 0.0702. The van der Waals surface area contributed by atoms with E-state index in [4.69, 9.17) is 5.11 Å². The van der Waals surface area contributed by atoms with E-state index in [2.05, 4.69) is 10.2 Å². The average molecular weight is 286 g/mol. The fourth-order valence-corrected chi connectivity index (χ4v) is 4.08. The van der Waals surface area contributed by atoms with Crippen molar-refractivity contribution in [2.75, 3.05) is 0 Å². The van der Waals surface area contributed by atoms with Gasteiger partial charge in [-0.05, 0) is 25.5 Å². The minimum Gasteiger partial charge on any atom is -0.477 e. The molecule has 90 valence electrons. The first-order valence-electron chi connectivity index (χ1n) is 4.82. The Kier molecular flexibility index (Phi) is 3.80. The van der Waals surface area contributed by atoms with Crippen molar-refractivity contribution in [3.05, 3.63) is 26.4 Å². The Labute approximate surface area is 111 Å². The number of aromatic carboxylic acids is 1. The van der Waals surface area contributed by atoms with E-state index in [9.17, 15) is 4.79 Å². The predicted octanol–water partition coefficient (Wildman–Crippen LogP) is 3.21. The van der Waals surface area contributed by atoms with E-state index in [1.807, 2.05) is 13.8 Å². The Morgan fingerprint density at radius 3 is 2.71 bits per heavy atom. The molecule has 0 spiro atoms. The van der Waals surface area contributed by atoms with Crippen LogP contribution in [0.4, 0.5) is 0 Å². The molecule has 2 rings (SSSR count). The van der Waals surface area contributed by atoms with Gasteiger partial charge in [0.15, 0.2) is 4.34 Å². The number of thioether (sulfide) groups is 1. The molecular weight excluding hydrogens is 276 g/mol. The van der Waals surface area contributed by atoms with Crippen LogP contribution in [0.5, 0.6) is 0 Å². The molecule has 2 aromatic rings. The van der Waals surface area contributed by atoms with Gasteiger partial charge in [0.25, 0.3) is 0 Å². The zero-order valence-corrected chi connectivity index (χ0v) is 11.7. The molecule has 4 nitrogen and oxygen atoms in total. The van der Waals surface area contributed by atoms with E-state index in [1.165, 1.54) is 11.3 Å². The van der Waals surface area contributed by atoms with E-state index in [-0.39, 0.29) is 0 Å². The number of aryl methyl sites for hydroxylation is 2. The summed E-state index contributed by atoms with van der Waals surface area (Å²) >= 11 is 4.46. The SMILES string of the molecule is Cc1nnc(SCc2cc(C(=O)O)sc2C)s1. The maximum atomic E-state index is 10.8. The summed E-state index contributed by atoms with van der Waals surface area (Å²) in [6.07, 6.45) is 0. The summed E-state index contributed by atoms with van der Waals surface area (Å²) in [5, 5.41) is 17.8. The molecule has 17 heavy (non-hydrogen) atoms. The average Bonchev–Trinajstić information content (AvgIpc) is 2.82. The van der Waals surface area contributed by atoms with Crippen LogP contribution in [0.15, 0.2) is 10.4 Å². The van der Waals surface area contributed by atoms with Crippen molar-refractivity contribution in [1.29, 1.82) is 0 Å². The van der Waals surface area contributed by atoms with Crippen LogP contribution in [0.1, 0.15) is 25.1 Å². The highest BCUT2D eigenvalue weighted by molar-refractivity contribution is 8.00. The summed E-state index contributed by atoms with van der Waals surface area (Å²) in [4.78, 5) is 12.3. The van der Waals surface area contributed by atoms with Crippen molar-refractivity contribution in [1.82, 2.24) is 10.2 Å². The standard InChI is InChI=1S/C10H10N2O2S3/c1-5-7(3-8(16-5)9(13)14)4-15-10-12-11-6(2)17-10/h3H,4H2,1-2H3,(H,13,14). The molecule has 0 radical (unpaired) electrons. The largest absolute Gasteiger partial charge is 0.477 e. The fraction of sp³-hybridized carbons (Fsp3) is 0.300. The highest BCUT2D eigenvalue weighted by Gasteiger charge is 2.12. The van der Waals surface area contributed by atoms with Crippen LogP contribution in [0, 0.1) is 13.8 Å². The van der Waals surface area contributed by atoms with Crippen LogP contribution >= 0.6 is 34.4 Å². The van der Waals surface area contributed by atoms with Crippen molar-refractivity contribution in [3.8, 4) is 0 Å². The van der Waals surface area contributed by atoms with Gasteiger partial charge in [0.1, 0.15) is 9.88 Å². The number of rotatable bonds is 4. The van der Waals surface area contributed by atoms with Gasteiger partial charge in [-0.2, -0.15) is 0 Å². The number of carboxylic acids is 1. The third kappa shape index (κ3) is 3.05. The smallest absolute Gasteiger partial charge is 0.345 e. The molecule has 2 aromatic heterocycles. The number of carbonyl (C=O) groups is 1. The minimum atomic E-state index is -0.860. The number of aromatic nitrogens is 2. The summed E-state index contributed by atoms with van der Waals surface area (Å²) in [5.41, 5.74) is 1.06. The summed E-state index contributed by atoms with van der Waals surface area (Å²) in [5.74, 6) is -0.120. The van der Waals surface area contributed by atoms with Gasteiger partial charge in [-0.1, -0.05) is 23.1 Å². The molecule has 0 atom stereocenters. The van der Waals surface area contributed by atoms with Crippen LogP contribution in [0.2, 0.25) is 0 Å².